The van der Waals surface area contributed by atoms with Crippen molar-refractivity contribution in [1.82, 2.24) is 4.90 Å². The van der Waals surface area contributed by atoms with Crippen molar-refractivity contribution in [2.45, 2.75) is 19.1 Å². The van der Waals surface area contributed by atoms with Crippen LogP contribution in [0.5, 0.6) is 11.5 Å². The molecule has 0 fully saturated rings. The van der Waals surface area contributed by atoms with Crippen molar-refractivity contribution < 1.29 is 24.2 Å². The van der Waals surface area contributed by atoms with Crippen LogP contribution in [0, 0.1) is 0 Å². The molecule has 122 valence electrons. The molecule has 2 aliphatic heterocycles. The average Bonchev–Trinajstić information content (AvgIpc) is 3.17. The summed E-state index contributed by atoms with van der Waals surface area (Å²) in [4.78, 5) is 26.2. The standard InChI is InChI=1S/C18H15NO5/c1-10(16(20)11-6-7-14-15(8-11)24-9-23-14)19-17(21)12-4-2-3-5-13(12)18(19)22/h2-8,10,16,20H,9H2,1H3/t10-,16+/m1/s1. The Bertz CT molecular complexity index is 812. The smallest absolute Gasteiger partial charge is 0.261 e. The second-order valence-electron chi connectivity index (χ2n) is 5.82. The Morgan fingerprint density at radius 2 is 1.62 bits per heavy atom. The largest absolute Gasteiger partial charge is 0.454 e. The number of hydrogen-bond acceptors (Lipinski definition) is 5. The number of hydrogen-bond donors (Lipinski definition) is 1. The fraction of sp³-hybridized carbons (Fsp3) is 0.222. The zero-order chi connectivity index (χ0) is 16.8. The molecule has 2 amide bonds. The van der Waals surface area contributed by atoms with Crippen LogP contribution in [0.1, 0.15) is 39.3 Å². The van der Waals surface area contributed by atoms with E-state index in [9.17, 15) is 14.7 Å². The third kappa shape index (κ3) is 2.07. The van der Waals surface area contributed by atoms with Crippen LogP contribution in [0.25, 0.3) is 0 Å². The Morgan fingerprint density at radius 1 is 1.00 bits per heavy atom. The number of amides is 2. The molecule has 0 saturated carbocycles. The molecule has 0 aliphatic carbocycles. The molecule has 24 heavy (non-hydrogen) atoms. The number of aliphatic hydroxyl groups excluding tert-OH is 1. The summed E-state index contributed by atoms with van der Waals surface area (Å²) in [5.74, 6) is 0.381. The minimum absolute atomic E-state index is 0.142. The van der Waals surface area contributed by atoms with Gasteiger partial charge in [0.25, 0.3) is 11.8 Å². The Kier molecular flexibility index (Phi) is 3.28. The van der Waals surface area contributed by atoms with Gasteiger partial charge < -0.3 is 14.6 Å². The molecule has 6 nitrogen and oxygen atoms in total. The number of carbonyl (C=O) groups excluding carboxylic acids is 2. The lowest BCUT2D eigenvalue weighted by Crippen LogP contribution is -2.41. The summed E-state index contributed by atoms with van der Waals surface area (Å²) in [5.41, 5.74) is 1.29. The van der Waals surface area contributed by atoms with E-state index in [1.807, 2.05) is 0 Å². The molecule has 2 heterocycles. The highest BCUT2D eigenvalue weighted by atomic mass is 16.7. The first kappa shape index (κ1) is 14.7. The van der Waals surface area contributed by atoms with Crippen LogP contribution in [-0.2, 0) is 0 Å². The highest BCUT2D eigenvalue weighted by Crippen LogP contribution is 2.36. The van der Waals surface area contributed by atoms with Gasteiger partial charge in [-0.15, -0.1) is 0 Å². The molecule has 0 bridgehead atoms. The van der Waals surface area contributed by atoms with E-state index in [0.717, 1.165) is 4.90 Å². The lowest BCUT2D eigenvalue weighted by molar-refractivity contribution is 0.0375. The fourth-order valence-electron chi connectivity index (χ4n) is 3.09. The van der Waals surface area contributed by atoms with Crippen molar-refractivity contribution in [1.29, 1.82) is 0 Å². The van der Waals surface area contributed by atoms with E-state index in [0.29, 0.717) is 28.2 Å². The van der Waals surface area contributed by atoms with Gasteiger partial charge >= 0.3 is 0 Å². The number of rotatable bonds is 3. The first-order valence-electron chi connectivity index (χ1n) is 7.62. The van der Waals surface area contributed by atoms with Gasteiger partial charge in [0.2, 0.25) is 6.79 Å². The molecule has 4 rings (SSSR count). The molecule has 2 atom stereocenters. The predicted molar refractivity (Wildman–Crippen MR) is 83.9 cm³/mol. The quantitative estimate of drug-likeness (QED) is 0.875. The van der Waals surface area contributed by atoms with Gasteiger partial charge in [0.15, 0.2) is 11.5 Å². The maximum atomic E-state index is 12.5. The van der Waals surface area contributed by atoms with E-state index in [4.69, 9.17) is 9.47 Å². The molecular formula is C18H15NO5. The molecule has 2 aromatic carbocycles. The maximum Gasteiger partial charge on any atom is 0.261 e. The van der Waals surface area contributed by atoms with Gasteiger partial charge in [0, 0.05) is 0 Å². The molecular weight excluding hydrogens is 310 g/mol. The van der Waals surface area contributed by atoms with Crippen LogP contribution in [0.15, 0.2) is 42.5 Å². The molecule has 0 radical (unpaired) electrons. The zero-order valence-electron chi connectivity index (χ0n) is 12.9. The Balaban J connectivity index is 1.63. The second-order valence-corrected chi connectivity index (χ2v) is 5.82. The molecule has 1 N–H and O–H groups in total. The third-order valence-electron chi connectivity index (χ3n) is 4.43. The number of imide groups is 1. The molecule has 2 aromatic rings. The topological polar surface area (TPSA) is 76.1 Å². The van der Waals surface area contributed by atoms with Crippen molar-refractivity contribution in [3.8, 4) is 11.5 Å². The fourth-order valence-corrected chi connectivity index (χ4v) is 3.09. The third-order valence-corrected chi connectivity index (χ3v) is 4.43. The van der Waals surface area contributed by atoms with E-state index in [2.05, 4.69) is 0 Å². The minimum Gasteiger partial charge on any atom is -0.454 e. The van der Waals surface area contributed by atoms with Crippen LogP contribution in [0.3, 0.4) is 0 Å². The molecule has 0 aromatic heterocycles. The van der Waals surface area contributed by atoms with Crippen LogP contribution >= 0.6 is 0 Å². The average molecular weight is 325 g/mol. The number of aliphatic hydroxyl groups is 1. The van der Waals surface area contributed by atoms with E-state index >= 15 is 0 Å². The Labute approximate surface area is 138 Å². The summed E-state index contributed by atoms with van der Waals surface area (Å²) in [5, 5.41) is 10.7. The van der Waals surface area contributed by atoms with Crippen molar-refractivity contribution in [3.05, 3.63) is 59.2 Å². The van der Waals surface area contributed by atoms with Gasteiger partial charge in [0.1, 0.15) is 0 Å². The normalized spacial score (nSPS) is 17.8. The molecule has 6 heteroatoms. The van der Waals surface area contributed by atoms with Gasteiger partial charge in [-0.05, 0) is 36.8 Å². The molecule has 2 aliphatic rings. The van der Waals surface area contributed by atoms with Gasteiger partial charge in [-0.1, -0.05) is 18.2 Å². The molecule has 0 spiro atoms. The Hall–Kier alpha value is -2.86. The second kappa shape index (κ2) is 5.35. The maximum absolute atomic E-state index is 12.5. The van der Waals surface area contributed by atoms with Crippen LogP contribution in [0.4, 0.5) is 0 Å². The highest BCUT2D eigenvalue weighted by molar-refractivity contribution is 6.21. The molecule has 0 saturated heterocycles. The van der Waals surface area contributed by atoms with Gasteiger partial charge in [-0.2, -0.15) is 0 Å². The summed E-state index contributed by atoms with van der Waals surface area (Å²) >= 11 is 0. The lowest BCUT2D eigenvalue weighted by atomic mass is 10.0. The van der Waals surface area contributed by atoms with Crippen molar-refractivity contribution in [2.24, 2.45) is 0 Å². The summed E-state index contributed by atoms with van der Waals surface area (Å²) < 4.78 is 10.6. The van der Waals surface area contributed by atoms with Crippen molar-refractivity contribution >= 4 is 11.8 Å². The SMILES string of the molecule is C[C@H]([C@H](O)c1ccc2c(c1)OCO2)N1C(=O)c2ccccc2C1=O. The van der Waals surface area contributed by atoms with E-state index < -0.39 is 12.1 Å². The summed E-state index contributed by atoms with van der Waals surface area (Å²) in [6.07, 6.45) is -1.03. The van der Waals surface area contributed by atoms with Crippen LogP contribution in [-0.4, -0.2) is 34.7 Å². The predicted octanol–water partition coefficient (Wildman–Crippen LogP) is 2.13. The van der Waals surface area contributed by atoms with E-state index in [-0.39, 0.29) is 18.6 Å². The monoisotopic (exact) mass is 325 g/mol. The van der Waals surface area contributed by atoms with Crippen LogP contribution in [0.2, 0.25) is 0 Å². The summed E-state index contributed by atoms with van der Waals surface area (Å²) in [6.45, 7) is 1.79. The summed E-state index contributed by atoms with van der Waals surface area (Å²) in [7, 11) is 0. The number of nitrogens with zero attached hydrogens (tertiary/aromatic N) is 1. The van der Waals surface area contributed by atoms with Crippen molar-refractivity contribution in [3.63, 3.8) is 0 Å². The first-order valence-corrected chi connectivity index (χ1v) is 7.62. The number of benzene rings is 2. The highest BCUT2D eigenvalue weighted by Gasteiger charge is 2.40. The van der Waals surface area contributed by atoms with Gasteiger partial charge in [-0.25, -0.2) is 0 Å². The zero-order valence-corrected chi connectivity index (χ0v) is 12.9. The van der Waals surface area contributed by atoms with Gasteiger partial charge in [0.05, 0.1) is 23.3 Å². The first-order chi connectivity index (χ1) is 11.6. The van der Waals surface area contributed by atoms with E-state index in [1.165, 1.54) is 0 Å². The number of fused-ring (bicyclic) bond motifs is 2. The lowest BCUT2D eigenvalue weighted by Gasteiger charge is -2.27. The number of ether oxygens (including phenoxy) is 2. The summed E-state index contributed by atoms with van der Waals surface area (Å²) in [6, 6.07) is 11.0. The van der Waals surface area contributed by atoms with E-state index in [1.54, 1.807) is 49.4 Å². The Morgan fingerprint density at radius 3 is 2.29 bits per heavy atom. The minimum atomic E-state index is -1.03. The van der Waals surface area contributed by atoms with Crippen LogP contribution < -0.4 is 9.47 Å². The number of carbonyl (C=O) groups is 2. The van der Waals surface area contributed by atoms with Gasteiger partial charge in [-0.3, -0.25) is 14.5 Å². The van der Waals surface area contributed by atoms with Crippen molar-refractivity contribution in [2.75, 3.05) is 6.79 Å². The molecule has 0 unspecified atom stereocenters.